The second kappa shape index (κ2) is 5.88. The van der Waals surface area contributed by atoms with Crippen LogP contribution in [0.3, 0.4) is 0 Å². The van der Waals surface area contributed by atoms with E-state index in [1.54, 1.807) is 17.2 Å². The fraction of sp³-hybridized carbons (Fsp3) is 0.643. The third-order valence-corrected chi connectivity index (χ3v) is 5.68. The molecule has 1 aromatic heterocycles. The number of nitrogens with zero attached hydrogens (tertiary/aromatic N) is 2. The Kier molecular flexibility index (Phi) is 4.12. The predicted molar refractivity (Wildman–Crippen MR) is 79.5 cm³/mol. The van der Waals surface area contributed by atoms with Crippen LogP contribution in [0.5, 0.6) is 0 Å². The molecule has 0 amide bonds. The average molecular weight is 313 g/mol. The molecule has 3 rings (SSSR count). The van der Waals surface area contributed by atoms with Crippen LogP contribution in [0.4, 0.5) is 10.2 Å². The molecule has 0 spiro atoms. The molecule has 0 unspecified atom stereocenters. The van der Waals surface area contributed by atoms with E-state index >= 15 is 0 Å². The van der Waals surface area contributed by atoms with Gasteiger partial charge in [0.1, 0.15) is 0 Å². The number of hydrogen-bond acceptors (Lipinski definition) is 5. The summed E-state index contributed by atoms with van der Waals surface area (Å²) in [7, 11) is -3.00. The molecule has 5 nitrogen and oxygen atoms in total. The maximum atomic E-state index is 14.6. The van der Waals surface area contributed by atoms with Gasteiger partial charge in [-0.1, -0.05) is 0 Å². The highest BCUT2D eigenvalue weighted by Gasteiger charge is 2.24. The van der Waals surface area contributed by atoms with Crippen molar-refractivity contribution in [1.29, 1.82) is 0 Å². The molecule has 0 radical (unpaired) electrons. The van der Waals surface area contributed by atoms with Crippen molar-refractivity contribution in [2.75, 3.05) is 29.5 Å². The first-order valence-electron chi connectivity index (χ1n) is 7.37. The number of rotatable bonds is 4. The van der Waals surface area contributed by atoms with E-state index in [-0.39, 0.29) is 23.1 Å². The highest BCUT2D eigenvalue weighted by Crippen LogP contribution is 2.23. The van der Waals surface area contributed by atoms with E-state index in [1.807, 2.05) is 0 Å². The zero-order valence-corrected chi connectivity index (χ0v) is 12.7. The third kappa shape index (κ3) is 3.71. The highest BCUT2D eigenvalue weighted by atomic mass is 32.2. The van der Waals surface area contributed by atoms with Crippen LogP contribution >= 0.6 is 0 Å². The lowest BCUT2D eigenvalue weighted by molar-refractivity contribution is 0.574. The van der Waals surface area contributed by atoms with Gasteiger partial charge >= 0.3 is 0 Å². The van der Waals surface area contributed by atoms with Crippen LogP contribution in [0, 0.1) is 5.82 Å². The van der Waals surface area contributed by atoms with Crippen molar-refractivity contribution in [2.24, 2.45) is 0 Å². The van der Waals surface area contributed by atoms with E-state index in [2.05, 4.69) is 10.3 Å². The lowest BCUT2D eigenvalue weighted by Gasteiger charge is -2.22. The van der Waals surface area contributed by atoms with Crippen molar-refractivity contribution in [3.8, 4) is 0 Å². The van der Waals surface area contributed by atoms with E-state index < -0.39 is 9.84 Å². The van der Waals surface area contributed by atoms with Gasteiger partial charge in [-0.3, -0.25) is 0 Å². The van der Waals surface area contributed by atoms with Gasteiger partial charge in [0.25, 0.3) is 0 Å². The zero-order chi connectivity index (χ0) is 14.9. The summed E-state index contributed by atoms with van der Waals surface area (Å²) in [5, 5.41) is 3.29. The Morgan fingerprint density at radius 1 is 1.33 bits per heavy atom. The summed E-state index contributed by atoms with van der Waals surface area (Å²) in [4.78, 5) is 5.87. The van der Waals surface area contributed by atoms with Crippen molar-refractivity contribution >= 4 is 15.7 Å². The van der Waals surface area contributed by atoms with Crippen molar-refractivity contribution < 1.29 is 12.8 Å². The lowest BCUT2D eigenvalue weighted by atomic mass is 10.2. The largest absolute Gasteiger partial charge is 0.353 e. The van der Waals surface area contributed by atoms with E-state index in [1.165, 1.54) is 0 Å². The molecule has 2 heterocycles. The number of anilines is 1. The van der Waals surface area contributed by atoms with E-state index in [9.17, 15) is 12.8 Å². The molecule has 0 atom stereocenters. The number of nitrogens with one attached hydrogen (secondary N) is 1. The number of pyridine rings is 1. The van der Waals surface area contributed by atoms with Crippen LogP contribution in [-0.4, -0.2) is 44.0 Å². The standard InChI is InChI=1S/C14H20FN3O2S/c15-13-11(10-17-12-2-3-12)4-5-16-14(13)18-6-1-8-21(19,20)9-7-18/h4-5,12,17H,1-3,6-10H2. The molecule has 1 aliphatic carbocycles. The Balaban J connectivity index is 1.75. The summed E-state index contributed by atoms with van der Waals surface area (Å²) in [5.74, 6) is 0.194. The fourth-order valence-electron chi connectivity index (χ4n) is 2.52. The normalized spacial score (nSPS) is 22.0. The molecule has 7 heteroatoms. The number of halogens is 1. The molecule has 1 N–H and O–H groups in total. The monoisotopic (exact) mass is 313 g/mol. The van der Waals surface area contributed by atoms with Gasteiger partial charge in [-0.05, 0) is 25.3 Å². The zero-order valence-electron chi connectivity index (χ0n) is 11.9. The number of hydrogen-bond donors (Lipinski definition) is 1. The maximum absolute atomic E-state index is 14.6. The van der Waals surface area contributed by atoms with Crippen LogP contribution in [0.2, 0.25) is 0 Å². The molecule has 0 bridgehead atoms. The summed E-state index contributed by atoms with van der Waals surface area (Å²) in [6, 6.07) is 2.20. The van der Waals surface area contributed by atoms with Gasteiger partial charge in [-0.15, -0.1) is 0 Å². The molecular formula is C14H20FN3O2S. The summed E-state index contributed by atoms with van der Waals surface area (Å²) >= 11 is 0. The molecule has 116 valence electrons. The van der Waals surface area contributed by atoms with Gasteiger partial charge in [0.15, 0.2) is 21.5 Å². The third-order valence-electron chi connectivity index (χ3n) is 3.96. The Labute approximate surface area is 124 Å². The van der Waals surface area contributed by atoms with Gasteiger partial charge in [-0.2, -0.15) is 0 Å². The second-order valence-corrected chi connectivity index (χ2v) is 8.06. The molecule has 1 saturated heterocycles. The summed E-state index contributed by atoms with van der Waals surface area (Å²) in [5.41, 5.74) is 0.596. The first-order chi connectivity index (χ1) is 10.1. The Bertz CT molecular complexity index is 617. The molecule has 1 saturated carbocycles. The minimum atomic E-state index is -3.00. The SMILES string of the molecule is O=S1(=O)CCCN(c2nccc(CNC3CC3)c2F)CC1. The predicted octanol–water partition coefficient (Wildman–Crippen LogP) is 1.10. The molecular weight excluding hydrogens is 293 g/mol. The molecule has 2 aliphatic rings. The average Bonchev–Trinajstić information content (AvgIpc) is 3.26. The Morgan fingerprint density at radius 2 is 2.14 bits per heavy atom. The Morgan fingerprint density at radius 3 is 2.90 bits per heavy atom. The van der Waals surface area contributed by atoms with E-state index in [0.29, 0.717) is 37.7 Å². The number of aromatic nitrogens is 1. The summed E-state index contributed by atoms with van der Waals surface area (Å²) < 4.78 is 37.8. The fourth-order valence-corrected chi connectivity index (χ4v) is 3.79. The Hall–Kier alpha value is -1.21. The first kappa shape index (κ1) is 14.7. The maximum Gasteiger partial charge on any atom is 0.170 e. The quantitative estimate of drug-likeness (QED) is 0.902. The van der Waals surface area contributed by atoms with Crippen LogP contribution in [0.25, 0.3) is 0 Å². The molecule has 1 aliphatic heterocycles. The summed E-state index contributed by atoms with van der Waals surface area (Å²) in [6.07, 6.45) is 4.43. The highest BCUT2D eigenvalue weighted by molar-refractivity contribution is 7.91. The molecule has 21 heavy (non-hydrogen) atoms. The van der Waals surface area contributed by atoms with E-state index in [4.69, 9.17) is 0 Å². The van der Waals surface area contributed by atoms with Gasteiger partial charge < -0.3 is 10.2 Å². The first-order valence-corrected chi connectivity index (χ1v) is 9.19. The van der Waals surface area contributed by atoms with Crippen LogP contribution < -0.4 is 10.2 Å². The summed E-state index contributed by atoms with van der Waals surface area (Å²) in [6.45, 7) is 1.34. The smallest absolute Gasteiger partial charge is 0.170 e. The minimum absolute atomic E-state index is 0.0681. The van der Waals surface area contributed by atoms with Gasteiger partial charge in [0, 0.05) is 37.4 Å². The minimum Gasteiger partial charge on any atom is -0.353 e. The topological polar surface area (TPSA) is 62.3 Å². The van der Waals surface area contributed by atoms with Crippen molar-refractivity contribution in [3.05, 3.63) is 23.6 Å². The second-order valence-electron chi connectivity index (χ2n) is 5.76. The molecule has 1 aromatic rings. The van der Waals surface area contributed by atoms with Crippen LogP contribution in [0.15, 0.2) is 12.3 Å². The number of sulfone groups is 1. The van der Waals surface area contributed by atoms with Gasteiger partial charge in [0.05, 0.1) is 11.5 Å². The van der Waals surface area contributed by atoms with Crippen molar-refractivity contribution in [3.63, 3.8) is 0 Å². The van der Waals surface area contributed by atoms with Gasteiger partial charge in [-0.25, -0.2) is 17.8 Å². The lowest BCUT2D eigenvalue weighted by Crippen LogP contribution is -2.29. The van der Waals surface area contributed by atoms with Crippen molar-refractivity contribution in [1.82, 2.24) is 10.3 Å². The van der Waals surface area contributed by atoms with E-state index in [0.717, 1.165) is 12.8 Å². The van der Waals surface area contributed by atoms with Gasteiger partial charge in [0.2, 0.25) is 0 Å². The molecule has 2 fully saturated rings. The van der Waals surface area contributed by atoms with Crippen LogP contribution in [0.1, 0.15) is 24.8 Å². The molecule has 0 aromatic carbocycles. The van der Waals surface area contributed by atoms with Crippen molar-refractivity contribution in [2.45, 2.75) is 31.8 Å². The van der Waals surface area contributed by atoms with Crippen LogP contribution in [-0.2, 0) is 16.4 Å².